The van der Waals surface area contributed by atoms with Crippen molar-refractivity contribution >= 4 is 38.9 Å². The smallest absolute Gasteiger partial charge is 0.243 e. The molecule has 1 aliphatic rings. The third-order valence-electron chi connectivity index (χ3n) is 4.62. The predicted octanol–water partition coefficient (Wildman–Crippen LogP) is 2.59. The number of benzene rings is 2. The summed E-state index contributed by atoms with van der Waals surface area (Å²) in [7, 11) is -3.63. The molecule has 0 saturated carbocycles. The van der Waals surface area contributed by atoms with Crippen LogP contribution in [0.25, 0.3) is 0 Å². The van der Waals surface area contributed by atoms with Crippen molar-refractivity contribution in [2.24, 2.45) is 0 Å². The molecule has 0 unspecified atom stereocenters. The van der Waals surface area contributed by atoms with Crippen LogP contribution in [-0.2, 0) is 14.8 Å². The summed E-state index contributed by atoms with van der Waals surface area (Å²) in [6.45, 7) is 1.86. The van der Waals surface area contributed by atoms with Gasteiger partial charge in [-0.3, -0.25) is 9.10 Å². The number of hydrogen-bond donors (Lipinski definition) is 0. The fourth-order valence-corrected chi connectivity index (χ4v) is 4.07. The number of carbonyl (C=O) groups is 1. The van der Waals surface area contributed by atoms with Gasteiger partial charge in [0, 0.05) is 36.9 Å². The van der Waals surface area contributed by atoms with Crippen molar-refractivity contribution < 1.29 is 17.6 Å². The first kappa shape index (κ1) is 20.4. The van der Waals surface area contributed by atoms with Crippen LogP contribution in [0.1, 0.15) is 0 Å². The topological polar surface area (TPSA) is 60.9 Å². The summed E-state index contributed by atoms with van der Waals surface area (Å²) in [5.74, 6) is -0.556. The Morgan fingerprint density at radius 3 is 2.14 bits per heavy atom. The van der Waals surface area contributed by atoms with Crippen molar-refractivity contribution in [2.45, 2.75) is 0 Å². The molecule has 2 aromatic rings. The van der Waals surface area contributed by atoms with Gasteiger partial charge in [0.15, 0.2) is 0 Å². The first-order valence-corrected chi connectivity index (χ1v) is 11.0. The van der Waals surface area contributed by atoms with E-state index in [9.17, 15) is 17.6 Å². The van der Waals surface area contributed by atoms with Crippen LogP contribution in [0.15, 0.2) is 48.5 Å². The van der Waals surface area contributed by atoms with Crippen LogP contribution in [0, 0.1) is 5.82 Å². The lowest BCUT2D eigenvalue weighted by atomic mass is 10.2. The highest BCUT2D eigenvalue weighted by Crippen LogP contribution is 2.21. The van der Waals surface area contributed by atoms with Gasteiger partial charge in [0.2, 0.25) is 15.9 Å². The summed E-state index contributed by atoms with van der Waals surface area (Å²) in [6.07, 6.45) is 1.07. The van der Waals surface area contributed by atoms with Crippen molar-refractivity contribution in [3.05, 3.63) is 59.4 Å². The number of piperazine rings is 1. The fourth-order valence-electron chi connectivity index (χ4n) is 3.10. The van der Waals surface area contributed by atoms with Crippen molar-refractivity contribution in [2.75, 3.05) is 48.2 Å². The molecule has 0 atom stereocenters. The van der Waals surface area contributed by atoms with Gasteiger partial charge < -0.3 is 9.80 Å². The fraction of sp³-hybridized carbons (Fsp3) is 0.316. The highest BCUT2D eigenvalue weighted by molar-refractivity contribution is 7.92. The van der Waals surface area contributed by atoms with Gasteiger partial charge in [-0.15, -0.1) is 0 Å². The number of hydrogen-bond acceptors (Lipinski definition) is 4. The van der Waals surface area contributed by atoms with Gasteiger partial charge in [-0.05, 0) is 48.5 Å². The Balaban J connectivity index is 1.65. The van der Waals surface area contributed by atoms with E-state index in [2.05, 4.69) is 4.90 Å². The number of anilines is 2. The number of carbonyl (C=O) groups excluding carboxylic acids is 1. The van der Waals surface area contributed by atoms with E-state index in [-0.39, 0.29) is 18.3 Å². The van der Waals surface area contributed by atoms with E-state index in [4.69, 9.17) is 11.6 Å². The molecule has 0 N–H and O–H groups in total. The van der Waals surface area contributed by atoms with E-state index in [1.165, 1.54) is 12.1 Å². The normalized spacial score (nSPS) is 14.8. The molecule has 1 heterocycles. The molecule has 0 aliphatic carbocycles. The van der Waals surface area contributed by atoms with Gasteiger partial charge in [-0.25, -0.2) is 12.8 Å². The molecule has 0 bridgehead atoms. The van der Waals surface area contributed by atoms with Crippen molar-refractivity contribution in [3.63, 3.8) is 0 Å². The maximum Gasteiger partial charge on any atom is 0.243 e. The molecule has 3 rings (SSSR count). The van der Waals surface area contributed by atoms with Crippen molar-refractivity contribution in [1.29, 1.82) is 0 Å². The summed E-state index contributed by atoms with van der Waals surface area (Å²) in [5, 5.41) is 0.487. The van der Waals surface area contributed by atoms with Gasteiger partial charge >= 0.3 is 0 Å². The lowest BCUT2D eigenvalue weighted by Gasteiger charge is -2.37. The molecule has 150 valence electrons. The van der Waals surface area contributed by atoms with E-state index < -0.39 is 10.0 Å². The minimum atomic E-state index is -3.63. The molecule has 0 spiro atoms. The number of amides is 1. The monoisotopic (exact) mass is 425 g/mol. The Bertz CT molecular complexity index is 928. The summed E-state index contributed by atoms with van der Waals surface area (Å²) in [4.78, 5) is 16.4. The molecule has 2 aromatic carbocycles. The maximum atomic E-state index is 13.1. The quantitative estimate of drug-likeness (QED) is 0.738. The van der Waals surface area contributed by atoms with Crippen molar-refractivity contribution in [1.82, 2.24) is 4.90 Å². The van der Waals surface area contributed by atoms with E-state index in [1.807, 2.05) is 0 Å². The summed E-state index contributed by atoms with van der Waals surface area (Å²) in [6, 6.07) is 12.5. The maximum absolute atomic E-state index is 13.1. The first-order valence-electron chi connectivity index (χ1n) is 8.75. The Morgan fingerprint density at radius 1 is 1.04 bits per heavy atom. The second-order valence-electron chi connectivity index (χ2n) is 6.59. The van der Waals surface area contributed by atoms with Crippen LogP contribution >= 0.6 is 11.6 Å². The minimum absolute atomic E-state index is 0.265. The molecule has 1 fully saturated rings. The van der Waals surface area contributed by atoms with Gasteiger partial charge in [0.1, 0.15) is 12.4 Å². The Labute approximate surface area is 169 Å². The lowest BCUT2D eigenvalue weighted by molar-refractivity contribution is -0.129. The Kier molecular flexibility index (Phi) is 6.10. The predicted molar refractivity (Wildman–Crippen MR) is 109 cm³/mol. The summed E-state index contributed by atoms with van der Waals surface area (Å²) in [5.41, 5.74) is 1.29. The number of rotatable bonds is 5. The zero-order chi connectivity index (χ0) is 20.3. The second kappa shape index (κ2) is 8.36. The van der Waals surface area contributed by atoms with Crippen molar-refractivity contribution in [3.8, 4) is 0 Å². The van der Waals surface area contributed by atoms with Crippen LogP contribution in [0.2, 0.25) is 5.02 Å². The molecule has 1 amide bonds. The molecule has 28 heavy (non-hydrogen) atoms. The van der Waals surface area contributed by atoms with E-state index >= 15 is 0 Å². The molecule has 1 saturated heterocycles. The zero-order valence-electron chi connectivity index (χ0n) is 15.4. The summed E-state index contributed by atoms with van der Waals surface area (Å²) >= 11 is 5.86. The SMILES string of the molecule is CS(=O)(=O)N(CC(=O)N1CCN(c2ccc(F)cc2)CC1)c1ccc(Cl)cc1. The molecule has 0 radical (unpaired) electrons. The molecule has 6 nitrogen and oxygen atoms in total. The Morgan fingerprint density at radius 2 is 1.61 bits per heavy atom. The van der Waals surface area contributed by atoms with Crippen LogP contribution < -0.4 is 9.21 Å². The summed E-state index contributed by atoms with van der Waals surface area (Å²) < 4.78 is 38.5. The lowest BCUT2D eigenvalue weighted by Crippen LogP contribution is -2.52. The highest BCUT2D eigenvalue weighted by Gasteiger charge is 2.26. The number of nitrogens with zero attached hydrogens (tertiary/aromatic N) is 3. The average Bonchev–Trinajstić information content (AvgIpc) is 2.67. The van der Waals surface area contributed by atoms with Crippen LogP contribution in [0.3, 0.4) is 0 Å². The molecule has 1 aliphatic heterocycles. The van der Waals surface area contributed by atoms with Gasteiger partial charge in [0.25, 0.3) is 0 Å². The number of halogens is 2. The third-order valence-corrected chi connectivity index (χ3v) is 6.01. The van der Waals surface area contributed by atoms with Gasteiger partial charge in [-0.2, -0.15) is 0 Å². The molecular weight excluding hydrogens is 405 g/mol. The van der Waals surface area contributed by atoms with E-state index in [0.29, 0.717) is 36.9 Å². The first-order chi connectivity index (χ1) is 13.2. The third kappa shape index (κ3) is 4.94. The van der Waals surface area contributed by atoms with Crippen LogP contribution in [-0.4, -0.2) is 58.2 Å². The van der Waals surface area contributed by atoms with Crippen LogP contribution in [0.5, 0.6) is 0 Å². The molecule has 0 aromatic heterocycles. The van der Waals surface area contributed by atoms with Gasteiger partial charge in [0.05, 0.1) is 11.9 Å². The average molecular weight is 426 g/mol. The van der Waals surface area contributed by atoms with Gasteiger partial charge in [-0.1, -0.05) is 11.6 Å². The number of sulfonamides is 1. The van der Waals surface area contributed by atoms with E-state index in [1.54, 1.807) is 41.3 Å². The Hall–Kier alpha value is -2.32. The second-order valence-corrected chi connectivity index (χ2v) is 8.93. The zero-order valence-corrected chi connectivity index (χ0v) is 17.0. The van der Waals surface area contributed by atoms with Crippen LogP contribution in [0.4, 0.5) is 15.8 Å². The van der Waals surface area contributed by atoms with E-state index in [0.717, 1.165) is 16.2 Å². The molecular formula is C19H21ClFN3O3S. The minimum Gasteiger partial charge on any atom is -0.368 e. The standard InChI is InChI=1S/C19H21ClFN3O3S/c1-28(26,27)24(18-6-2-15(20)3-7-18)14-19(25)23-12-10-22(11-13-23)17-8-4-16(21)5-9-17/h2-9H,10-14H2,1H3. The largest absolute Gasteiger partial charge is 0.368 e. The highest BCUT2D eigenvalue weighted by atomic mass is 35.5. The molecule has 9 heteroatoms.